The summed E-state index contributed by atoms with van der Waals surface area (Å²) < 4.78 is 0.916. The van der Waals surface area contributed by atoms with Crippen molar-refractivity contribution in [1.82, 2.24) is 15.1 Å². The van der Waals surface area contributed by atoms with Crippen molar-refractivity contribution in [1.29, 1.82) is 0 Å². The Morgan fingerprint density at radius 3 is 2.77 bits per heavy atom. The molecule has 2 amide bonds. The first-order chi connectivity index (χ1) is 15.0. The number of nitrogens with one attached hydrogen (secondary N) is 1. The second-order valence-electron chi connectivity index (χ2n) is 7.82. The normalized spacial score (nSPS) is 16.0. The summed E-state index contributed by atoms with van der Waals surface area (Å²) in [5, 5.41) is 7.46. The molecule has 2 aromatic carbocycles. The van der Waals surface area contributed by atoms with Gasteiger partial charge < -0.3 is 9.80 Å². The molecule has 0 aliphatic carbocycles. The van der Waals surface area contributed by atoms with Crippen LogP contribution in [0.1, 0.15) is 18.5 Å². The molecule has 7 heteroatoms. The maximum atomic E-state index is 12.9. The van der Waals surface area contributed by atoms with Gasteiger partial charge in [0.05, 0.1) is 5.69 Å². The second-order valence-corrected chi connectivity index (χ2v) is 8.73. The molecule has 31 heavy (non-hydrogen) atoms. The fourth-order valence-corrected chi connectivity index (χ4v) is 4.33. The Kier molecular flexibility index (Phi) is 6.51. The Balaban J connectivity index is 1.29. The second kappa shape index (κ2) is 9.47. The summed E-state index contributed by atoms with van der Waals surface area (Å²) in [6.45, 7) is 1.16. The lowest BCUT2D eigenvalue weighted by Gasteiger charge is -2.21. The first-order valence-corrected chi connectivity index (χ1v) is 11.2. The Morgan fingerprint density at radius 1 is 1.19 bits per heavy atom. The molecule has 1 aromatic heterocycles. The van der Waals surface area contributed by atoms with Crippen LogP contribution in [-0.2, 0) is 16.0 Å². The van der Waals surface area contributed by atoms with Crippen LogP contribution in [0.3, 0.4) is 0 Å². The van der Waals surface area contributed by atoms with Crippen LogP contribution in [0.2, 0.25) is 0 Å². The summed E-state index contributed by atoms with van der Waals surface area (Å²) in [5.74, 6) is -0.811. The van der Waals surface area contributed by atoms with E-state index >= 15 is 0 Å². The lowest BCUT2D eigenvalue weighted by atomic mass is 10.1. The molecule has 1 aliphatic heterocycles. The van der Waals surface area contributed by atoms with Crippen molar-refractivity contribution >= 4 is 33.4 Å². The fraction of sp³-hybridized carbons (Fsp3) is 0.292. The molecule has 2 heterocycles. The number of hydrogen-bond donors (Lipinski definition) is 1. The van der Waals surface area contributed by atoms with Gasteiger partial charge >= 0.3 is 0 Å². The number of hydrogen-bond acceptors (Lipinski definition) is 3. The molecule has 1 N–H and O–H groups in total. The molecule has 4 rings (SSSR count). The van der Waals surface area contributed by atoms with Gasteiger partial charge in [-0.15, -0.1) is 0 Å². The molecule has 160 valence electrons. The molecule has 1 fully saturated rings. The van der Waals surface area contributed by atoms with Crippen LogP contribution >= 0.6 is 15.9 Å². The van der Waals surface area contributed by atoms with Gasteiger partial charge in [0.25, 0.3) is 0 Å². The van der Waals surface area contributed by atoms with Gasteiger partial charge in [-0.1, -0.05) is 52.3 Å². The average Bonchev–Trinajstić information content (AvgIpc) is 3.40. The number of nitrogens with zero attached hydrogens (tertiary/aromatic N) is 3. The van der Waals surface area contributed by atoms with Gasteiger partial charge in [-0.25, -0.2) is 0 Å². The Bertz CT molecular complexity index is 1070. The average molecular weight is 481 g/mol. The first kappa shape index (κ1) is 21.3. The van der Waals surface area contributed by atoms with E-state index in [1.165, 1.54) is 0 Å². The molecular weight excluding hydrogens is 456 g/mol. The molecule has 1 unspecified atom stereocenters. The molecule has 0 saturated carbocycles. The van der Waals surface area contributed by atoms with Crippen molar-refractivity contribution in [3.8, 4) is 11.3 Å². The van der Waals surface area contributed by atoms with Crippen molar-refractivity contribution < 1.29 is 9.59 Å². The first-order valence-electron chi connectivity index (χ1n) is 10.4. The van der Waals surface area contributed by atoms with Crippen molar-refractivity contribution in [2.45, 2.75) is 19.3 Å². The summed E-state index contributed by atoms with van der Waals surface area (Å²) >= 11 is 3.44. The molecule has 1 atom stereocenters. The van der Waals surface area contributed by atoms with E-state index in [2.05, 4.69) is 26.1 Å². The minimum atomic E-state index is -0.596. The summed E-state index contributed by atoms with van der Waals surface area (Å²) in [6.07, 6.45) is 2.14. The smallest absolute Gasteiger partial charge is 0.239 e. The van der Waals surface area contributed by atoms with Crippen LogP contribution in [-0.4, -0.2) is 47.0 Å². The highest BCUT2D eigenvalue weighted by Crippen LogP contribution is 2.28. The molecule has 1 saturated heterocycles. The number of H-pyrrole nitrogens is 1. The van der Waals surface area contributed by atoms with E-state index in [9.17, 15) is 9.59 Å². The van der Waals surface area contributed by atoms with E-state index in [4.69, 9.17) is 0 Å². The van der Waals surface area contributed by atoms with Crippen molar-refractivity contribution in [2.75, 3.05) is 25.0 Å². The standard InChI is InChI=1S/C24H25BrN4O2/c1-28(13-6-10-19-16-22(27-26-19)17-7-3-2-4-8-17)23(30)21-12-14-29(24(21)31)20-11-5-9-18(25)15-20/h2-5,7-9,11,15-16,21H,6,10,12-14H2,1H3,(H,26,27). The van der Waals surface area contributed by atoms with Crippen LogP contribution in [0.15, 0.2) is 65.1 Å². The van der Waals surface area contributed by atoms with Crippen LogP contribution in [0, 0.1) is 5.92 Å². The monoisotopic (exact) mass is 480 g/mol. The Labute approximate surface area is 190 Å². The third-order valence-corrected chi connectivity index (χ3v) is 6.13. The number of aromatic amines is 1. The third-order valence-electron chi connectivity index (χ3n) is 5.64. The zero-order chi connectivity index (χ0) is 21.8. The van der Waals surface area contributed by atoms with E-state index < -0.39 is 5.92 Å². The number of carbonyl (C=O) groups is 2. The van der Waals surface area contributed by atoms with Crippen LogP contribution in [0.25, 0.3) is 11.3 Å². The molecule has 0 bridgehead atoms. The predicted molar refractivity (Wildman–Crippen MR) is 125 cm³/mol. The predicted octanol–water partition coefficient (Wildman–Crippen LogP) is 4.28. The Hall–Kier alpha value is -2.93. The van der Waals surface area contributed by atoms with E-state index in [0.717, 1.165) is 40.0 Å². The zero-order valence-electron chi connectivity index (χ0n) is 17.4. The van der Waals surface area contributed by atoms with Crippen molar-refractivity contribution in [2.24, 2.45) is 5.92 Å². The van der Waals surface area contributed by atoms with Gasteiger partial charge in [0.2, 0.25) is 11.8 Å². The number of aromatic nitrogens is 2. The lowest BCUT2D eigenvalue weighted by Crippen LogP contribution is -2.38. The number of anilines is 1. The van der Waals surface area contributed by atoms with E-state index in [0.29, 0.717) is 19.5 Å². The molecule has 6 nitrogen and oxygen atoms in total. The van der Waals surface area contributed by atoms with Crippen molar-refractivity contribution in [3.63, 3.8) is 0 Å². The van der Waals surface area contributed by atoms with E-state index in [1.54, 1.807) is 16.8 Å². The van der Waals surface area contributed by atoms with Crippen LogP contribution < -0.4 is 4.90 Å². The van der Waals surface area contributed by atoms with Gasteiger partial charge in [-0.3, -0.25) is 14.7 Å². The number of aryl methyl sites for hydroxylation is 1. The molecule has 3 aromatic rings. The van der Waals surface area contributed by atoms with Gasteiger partial charge in [-0.2, -0.15) is 5.10 Å². The van der Waals surface area contributed by atoms with E-state index in [1.807, 2.05) is 60.7 Å². The maximum absolute atomic E-state index is 12.9. The number of carbonyl (C=O) groups excluding carboxylic acids is 2. The van der Waals surface area contributed by atoms with Gasteiger partial charge in [0.1, 0.15) is 5.92 Å². The number of amides is 2. The number of rotatable bonds is 7. The van der Waals surface area contributed by atoms with Gasteiger partial charge in [-0.05, 0) is 43.5 Å². The zero-order valence-corrected chi connectivity index (χ0v) is 19.0. The maximum Gasteiger partial charge on any atom is 0.239 e. The Morgan fingerprint density at radius 2 is 2.00 bits per heavy atom. The van der Waals surface area contributed by atoms with Crippen LogP contribution in [0.5, 0.6) is 0 Å². The minimum absolute atomic E-state index is 0.0999. The van der Waals surface area contributed by atoms with E-state index in [-0.39, 0.29) is 11.8 Å². The minimum Gasteiger partial charge on any atom is -0.345 e. The summed E-state index contributed by atoms with van der Waals surface area (Å²) in [4.78, 5) is 29.1. The molecule has 1 aliphatic rings. The van der Waals surface area contributed by atoms with Gasteiger partial charge in [0, 0.05) is 41.6 Å². The quantitative estimate of drug-likeness (QED) is 0.513. The lowest BCUT2D eigenvalue weighted by molar-refractivity contribution is -0.138. The fourth-order valence-electron chi connectivity index (χ4n) is 3.94. The highest BCUT2D eigenvalue weighted by Gasteiger charge is 2.38. The summed E-state index contributed by atoms with van der Waals surface area (Å²) in [6, 6.07) is 19.7. The van der Waals surface area contributed by atoms with Gasteiger partial charge in [0.15, 0.2) is 0 Å². The third kappa shape index (κ3) is 4.88. The summed E-state index contributed by atoms with van der Waals surface area (Å²) in [7, 11) is 1.78. The molecular formula is C24H25BrN4O2. The number of halogens is 1. The largest absolute Gasteiger partial charge is 0.345 e. The molecule has 0 radical (unpaired) electrons. The topological polar surface area (TPSA) is 69.3 Å². The van der Waals surface area contributed by atoms with Crippen molar-refractivity contribution in [3.05, 3.63) is 70.8 Å². The highest BCUT2D eigenvalue weighted by molar-refractivity contribution is 9.10. The SMILES string of the molecule is CN(CCCc1cc(-c2ccccc2)n[nH]1)C(=O)C1CCN(c2cccc(Br)c2)C1=O. The summed E-state index contributed by atoms with van der Waals surface area (Å²) in [5.41, 5.74) is 3.86. The molecule has 0 spiro atoms. The number of benzene rings is 2. The van der Waals surface area contributed by atoms with Crippen LogP contribution in [0.4, 0.5) is 5.69 Å². The highest BCUT2D eigenvalue weighted by atomic mass is 79.9.